The molecule has 0 radical (unpaired) electrons. The van der Waals surface area contributed by atoms with Gasteiger partial charge in [0, 0.05) is 11.4 Å². The standard InChI is InChI=1S/C13H18N2O3S/c1-9(10-5-3-8-19-10)14-12(18)15-7-4-6-13(15,2)11(16)17/h3,5,8-9H,4,6-7H2,1-2H3,(H,14,18)(H,16,17). The first-order chi connectivity index (χ1) is 8.95. The van der Waals surface area contributed by atoms with Crippen LogP contribution in [0.5, 0.6) is 0 Å². The van der Waals surface area contributed by atoms with Gasteiger partial charge in [-0.2, -0.15) is 0 Å². The van der Waals surface area contributed by atoms with E-state index in [2.05, 4.69) is 5.32 Å². The van der Waals surface area contributed by atoms with Gasteiger partial charge < -0.3 is 15.3 Å². The summed E-state index contributed by atoms with van der Waals surface area (Å²) in [5, 5.41) is 14.1. The molecule has 0 aromatic carbocycles. The van der Waals surface area contributed by atoms with Crippen molar-refractivity contribution in [2.24, 2.45) is 0 Å². The number of amides is 2. The minimum absolute atomic E-state index is 0.105. The Labute approximate surface area is 116 Å². The van der Waals surface area contributed by atoms with E-state index in [1.807, 2.05) is 24.4 Å². The van der Waals surface area contributed by atoms with E-state index in [0.717, 1.165) is 11.3 Å². The molecule has 1 fully saturated rings. The Morgan fingerprint density at radius 1 is 1.58 bits per heavy atom. The third-order valence-corrected chi connectivity index (χ3v) is 4.71. The Hall–Kier alpha value is -1.56. The predicted octanol–water partition coefficient (Wildman–Crippen LogP) is 2.46. The van der Waals surface area contributed by atoms with Crippen LogP contribution in [-0.2, 0) is 4.79 Å². The summed E-state index contributed by atoms with van der Waals surface area (Å²) in [6.45, 7) is 4.00. The van der Waals surface area contributed by atoms with E-state index < -0.39 is 11.5 Å². The topological polar surface area (TPSA) is 69.6 Å². The van der Waals surface area contributed by atoms with E-state index in [0.29, 0.717) is 13.0 Å². The van der Waals surface area contributed by atoms with Gasteiger partial charge in [0.2, 0.25) is 0 Å². The Morgan fingerprint density at radius 3 is 2.89 bits per heavy atom. The fraction of sp³-hybridized carbons (Fsp3) is 0.538. The summed E-state index contributed by atoms with van der Waals surface area (Å²) >= 11 is 1.57. The summed E-state index contributed by atoms with van der Waals surface area (Å²) in [4.78, 5) is 26.0. The van der Waals surface area contributed by atoms with Gasteiger partial charge >= 0.3 is 12.0 Å². The molecule has 2 unspecified atom stereocenters. The van der Waals surface area contributed by atoms with Crippen molar-refractivity contribution in [3.63, 3.8) is 0 Å². The predicted molar refractivity (Wildman–Crippen MR) is 73.2 cm³/mol. The molecule has 1 saturated heterocycles. The normalized spacial score (nSPS) is 24.2. The second-order valence-electron chi connectivity index (χ2n) is 5.02. The fourth-order valence-corrected chi connectivity index (χ4v) is 3.12. The molecule has 1 aliphatic rings. The van der Waals surface area contributed by atoms with E-state index in [9.17, 15) is 14.7 Å². The lowest BCUT2D eigenvalue weighted by atomic mass is 10.00. The summed E-state index contributed by atoms with van der Waals surface area (Å²) in [7, 11) is 0. The minimum atomic E-state index is -1.08. The molecule has 19 heavy (non-hydrogen) atoms. The molecule has 0 bridgehead atoms. The number of carboxylic acids is 1. The molecule has 6 heteroatoms. The van der Waals surface area contributed by atoms with E-state index in [-0.39, 0.29) is 12.1 Å². The number of rotatable bonds is 3. The fourth-order valence-electron chi connectivity index (χ4n) is 2.38. The molecule has 1 aromatic heterocycles. The Morgan fingerprint density at radius 2 is 2.32 bits per heavy atom. The SMILES string of the molecule is CC(NC(=O)N1CCCC1(C)C(=O)O)c1cccs1. The maximum absolute atomic E-state index is 12.2. The largest absolute Gasteiger partial charge is 0.480 e. The van der Waals surface area contributed by atoms with Gasteiger partial charge in [-0.15, -0.1) is 11.3 Å². The number of hydrogen-bond donors (Lipinski definition) is 2. The van der Waals surface area contributed by atoms with Crippen LogP contribution in [0, 0.1) is 0 Å². The van der Waals surface area contributed by atoms with Crippen molar-refractivity contribution in [3.05, 3.63) is 22.4 Å². The summed E-state index contributed by atoms with van der Waals surface area (Å²) in [5.74, 6) is -0.941. The number of hydrogen-bond acceptors (Lipinski definition) is 3. The van der Waals surface area contributed by atoms with Gasteiger partial charge in [0.15, 0.2) is 0 Å². The maximum Gasteiger partial charge on any atom is 0.329 e. The van der Waals surface area contributed by atoms with Gasteiger partial charge in [0.25, 0.3) is 0 Å². The molecule has 2 N–H and O–H groups in total. The molecule has 0 aliphatic carbocycles. The molecule has 104 valence electrons. The van der Waals surface area contributed by atoms with Gasteiger partial charge in [-0.3, -0.25) is 0 Å². The number of carbonyl (C=O) groups is 2. The van der Waals surface area contributed by atoms with Crippen LogP contribution in [0.3, 0.4) is 0 Å². The first-order valence-electron chi connectivity index (χ1n) is 6.30. The van der Waals surface area contributed by atoms with Crippen LogP contribution in [0.15, 0.2) is 17.5 Å². The number of nitrogens with one attached hydrogen (secondary N) is 1. The van der Waals surface area contributed by atoms with Gasteiger partial charge in [-0.05, 0) is 38.1 Å². The minimum Gasteiger partial charge on any atom is -0.480 e. The lowest BCUT2D eigenvalue weighted by Gasteiger charge is -2.32. The number of likely N-dealkylation sites (tertiary alicyclic amines) is 1. The molecular weight excluding hydrogens is 264 g/mol. The number of nitrogens with zero attached hydrogens (tertiary/aromatic N) is 1. The molecule has 5 nitrogen and oxygen atoms in total. The van der Waals surface area contributed by atoms with E-state index in [1.54, 1.807) is 18.3 Å². The van der Waals surface area contributed by atoms with Crippen LogP contribution in [-0.4, -0.2) is 34.1 Å². The van der Waals surface area contributed by atoms with Crippen molar-refractivity contribution in [1.29, 1.82) is 0 Å². The number of aliphatic carboxylic acids is 1. The summed E-state index contributed by atoms with van der Waals surface area (Å²) < 4.78 is 0. The van der Waals surface area contributed by atoms with Gasteiger partial charge in [-0.1, -0.05) is 6.07 Å². The zero-order chi connectivity index (χ0) is 14.0. The average Bonchev–Trinajstić information content (AvgIpc) is 2.97. The molecule has 0 saturated carbocycles. The van der Waals surface area contributed by atoms with Crippen molar-refractivity contribution in [2.45, 2.75) is 38.3 Å². The molecule has 2 amide bonds. The first kappa shape index (κ1) is 13.9. The molecular formula is C13H18N2O3S. The molecule has 1 aliphatic heterocycles. The highest BCUT2D eigenvalue weighted by Gasteiger charge is 2.46. The number of carboxylic acid groups (broad SMARTS) is 1. The molecule has 2 rings (SSSR count). The Kier molecular flexibility index (Phi) is 3.80. The van der Waals surface area contributed by atoms with Crippen LogP contribution in [0.25, 0.3) is 0 Å². The molecule has 2 heterocycles. The highest BCUT2D eigenvalue weighted by Crippen LogP contribution is 2.30. The lowest BCUT2D eigenvalue weighted by molar-refractivity contribution is -0.147. The average molecular weight is 282 g/mol. The first-order valence-corrected chi connectivity index (χ1v) is 7.18. The Balaban J connectivity index is 2.06. The smallest absolute Gasteiger partial charge is 0.329 e. The highest BCUT2D eigenvalue weighted by molar-refractivity contribution is 7.10. The second-order valence-corrected chi connectivity index (χ2v) is 6.00. The monoisotopic (exact) mass is 282 g/mol. The van der Waals surface area contributed by atoms with E-state index >= 15 is 0 Å². The zero-order valence-corrected chi connectivity index (χ0v) is 11.9. The lowest BCUT2D eigenvalue weighted by Crippen LogP contribution is -2.54. The summed E-state index contributed by atoms with van der Waals surface area (Å²) in [5.41, 5.74) is -1.08. The third kappa shape index (κ3) is 2.58. The number of thiophene rings is 1. The summed E-state index contributed by atoms with van der Waals surface area (Å²) in [6.07, 6.45) is 1.23. The maximum atomic E-state index is 12.2. The van der Waals surface area contributed by atoms with Crippen LogP contribution in [0.4, 0.5) is 4.79 Å². The third-order valence-electron chi connectivity index (χ3n) is 3.66. The van der Waals surface area contributed by atoms with Crippen LogP contribution < -0.4 is 5.32 Å². The summed E-state index contributed by atoms with van der Waals surface area (Å²) in [6, 6.07) is 3.48. The van der Waals surface area contributed by atoms with Gasteiger partial charge in [0.1, 0.15) is 5.54 Å². The van der Waals surface area contributed by atoms with Crippen molar-refractivity contribution in [3.8, 4) is 0 Å². The van der Waals surface area contributed by atoms with Crippen molar-refractivity contribution in [1.82, 2.24) is 10.2 Å². The van der Waals surface area contributed by atoms with Crippen LogP contribution in [0.1, 0.15) is 37.6 Å². The number of urea groups is 1. The van der Waals surface area contributed by atoms with Crippen LogP contribution >= 0.6 is 11.3 Å². The van der Waals surface area contributed by atoms with E-state index in [1.165, 1.54) is 4.90 Å². The van der Waals surface area contributed by atoms with Gasteiger partial charge in [0.05, 0.1) is 6.04 Å². The quantitative estimate of drug-likeness (QED) is 0.894. The molecule has 2 atom stereocenters. The highest BCUT2D eigenvalue weighted by atomic mass is 32.1. The van der Waals surface area contributed by atoms with Crippen molar-refractivity contribution < 1.29 is 14.7 Å². The van der Waals surface area contributed by atoms with E-state index in [4.69, 9.17) is 0 Å². The van der Waals surface area contributed by atoms with Gasteiger partial charge in [-0.25, -0.2) is 9.59 Å². The number of carbonyl (C=O) groups excluding carboxylic acids is 1. The zero-order valence-electron chi connectivity index (χ0n) is 11.0. The van der Waals surface area contributed by atoms with Crippen LogP contribution in [0.2, 0.25) is 0 Å². The van der Waals surface area contributed by atoms with Crippen molar-refractivity contribution >= 4 is 23.3 Å². The molecule has 1 aromatic rings. The Bertz CT molecular complexity index is 474. The van der Waals surface area contributed by atoms with Crippen molar-refractivity contribution in [2.75, 3.05) is 6.54 Å². The molecule has 0 spiro atoms. The second kappa shape index (κ2) is 5.21.